The van der Waals surface area contributed by atoms with E-state index in [1.54, 1.807) is 30.0 Å². The first-order chi connectivity index (χ1) is 9.68. The van der Waals surface area contributed by atoms with Crippen LogP contribution in [-0.2, 0) is 10.8 Å². The largest absolute Gasteiger partial charge is 0.478 e. The summed E-state index contributed by atoms with van der Waals surface area (Å²) in [7, 11) is -1.29. The summed E-state index contributed by atoms with van der Waals surface area (Å²) in [6, 6.07) is 16.3. The van der Waals surface area contributed by atoms with E-state index in [9.17, 15) is 9.00 Å². The van der Waals surface area contributed by atoms with Crippen molar-refractivity contribution in [2.24, 2.45) is 0 Å². The molecule has 0 aromatic heterocycles. The number of hydrogen-bond donors (Lipinski definition) is 1. The van der Waals surface area contributed by atoms with Gasteiger partial charge in [-0.2, -0.15) is 0 Å². The van der Waals surface area contributed by atoms with Crippen molar-refractivity contribution in [1.82, 2.24) is 0 Å². The maximum Gasteiger partial charge on any atom is 0.336 e. The predicted molar refractivity (Wildman–Crippen MR) is 81.8 cm³/mol. The number of thioether (sulfide) groups is 1. The lowest BCUT2D eigenvalue weighted by Gasteiger charge is -2.06. The fourth-order valence-electron chi connectivity index (χ4n) is 1.70. The van der Waals surface area contributed by atoms with E-state index in [1.165, 1.54) is 6.07 Å². The third-order valence-electron chi connectivity index (χ3n) is 2.64. The van der Waals surface area contributed by atoms with Crippen LogP contribution in [0.15, 0.2) is 64.4 Å². The van der Waals surface area contributed by atoms with Crippen molar-refractivity contribution in [3.63, 3.8) is 0 Å². The fraction of sp³-hybridized carbons (Fsp3) is 0.133. The minimum absolute atomic E-state index is 0.121. The second kappa shape index (κ2) is 7.26. The van der Waals surface area contributed by atoms with Crippen molar-refractivity contribution < 1.29 is 14.1 Å². The van der Waals surface area contributed by atoms with Crippen LogP contribution in [0, 0.1) is 0 Å². The van der Waals surface area contributed by atoms with Gasteiger partial charge >= 0.3 is 5.97 Å². The highest BCUT2D eigenvalue weighted by Crippen LogP contribution is 2.19. The number of rotatable bonds is 6. The molecule has 0 aliphatic heterocycles. The van der Waals surface area contributed by atoms with Crippen molar-refractivity contribution in [1.29, 1.82) is 0 Å². The van der Waals surface area contributed by atoms with Gasteiger partial charge in [-0.25, -0.2) is 4.79 Å². The van der Waals surface area contributed by atoms with Gasteiger partial charge in [-0.3, -0.25) is 4.21 Å². The Kier molecular flexibility index (Phi) is 5.38. The number of carbonyl (C=O) groups is 1. The van der Waals surface area contributed by atoms with E-state index in [-0.39, 0.29) is 5.56 Å². The van der Waals surface area contributed by atoms with Crippen LogP contribution in [0.3, 0.4) is 0 Å². The average molecular weight is 306 g/mol. The number of carboxylic acid groups (broad SMARTS) is 1. The summed E-state index contributed by atoms with van der Waals surface area (Å²) in [5, 5.41) is 9.08. The van der Waals surface area contributed by atoms with Crippen LogP contribution in [-0.4, -0.2) is 26.8 Å². The van der Waals surface area contributed by atoms with Gasteiger partial charge in [0.2, 0.25) is 0 Å². The van der Waals surface area contributed by atoms with Gasteiger partial charge in [0, 0.05) is 16.4 Å². The average Bonchev–Trinajstić information content (AvgIpc) is 2.48. The van der Waals surface area contributed by atoms with Gasteiger partial charge < -0.3 is 5.11 Å². The monoisotopic (exact) mass is 306 g/mol. The van der Waals surface area contributed by atoms with E-state index in [1.807, 2.05) is 30.3 Å². The van der Waals surface area contributed by atoms with Crippen LogP contribution in [0.2, 0.25) is 0 Å². The number of benzene rings is 2. The molecular weight excluding hydrogens is 292 g/mol. The zero-order chi connectivity index (χ0) is 14.4. The molecule has 20 heavy (non-hydrogen) atoms. The quantitative estimate of drug-likeness (QED) is 0.832. The van der Waals surface area contributed by atoms with Gasteiger partial charge in [-0.15, -0.1) is 11.8 Å². The molecule has 0 saturated heterocycles. The molecule has 0 amide bonds. The molecule has 0 fully saturated rings. The highest BCUT2D eigenvalue weighted by Gasteiger charge is 2.14. The normalized spacial score (nSPS) is 12.0. The molecule has 1 atom stereocenters. The summed E-state index contributed by atoms with van der Waals surface area (Å²) >= 11 is 1.62. The van der Waals surface area contributed by atoms with Gasteiger partial charge in [0.1, 0.15) is 0 Å². The number of aromatic carboxylic acids is 1. The predicted octanol–water partition coefficient (Wildman–Crippen LogP) is 3.28. The van der Waals surface area contributed by atoms with Crippen molar-refractivity contribution in [3.05, 3.63) is 60.2 Å². The Morgan fingerprint density at radius 2 is 1.70 bits per heavy atom. The van der Waals surface area contributed by atoms with Crippen LogP contribution in [0.5, 0.6) is 0 Å². The van der Waals surface area contributed by atoms with E-state index in [4.69, 9.17) is 5.11 Å². The molecule has 2 rings (SSSR count). The zero-order valence-electron chi connectivity index (χ0n) is 10.7. The maximum atomic E-state index is 12.2. The van der Waals surface area contributed by atoms with E-state index in [2.05, 4.69) is 0 Å². The van der Waals surface area contributed by atoms with E-state index in [0.29, 0.717) is 16.4 Å². The molecule has 0 spiro atoms. The molecule has 0 saturated carbocycles. The van der Waals surface area contributed by atoms with Gasteiger partial charge in [-0.1, -0.05) is 30.3 Å². The topological polar surface area (TPSA) is 54.4 Å². The lowest BCUT2D eigenvalue weighted by molar-refractivity contribution is 0.0693. The Balaban J connectivity index is 1.97. The van der Waals surface area contributed by atoms with E-state index < -0.39 is 16.8 Å². The first kappa shape index (κ1) is 14.8. The van der Waals surface area contributed by atoms with Crippen LogP contribution in [0.1, 0.15) is 10.4 Å². The van der Waals surface area contributed by atoms with Gasteiger partial charge in [0.25, 0.3) is 0 Å². The summed E-state index contributed by atoms with van der Waals surface area (Å²) in [4.78, 5) is 12.6. The van der Waals surface area contributed by atoms with Crippen molar-refractivity contribution in [2.45, 2.75) is 9.79 Å². The first-order valence-electron chi connectivity index (χ1n) is 6.07. The lowest BCUT2D eigenvalue weighted by Crippen LogP contribution is -2.07. The third-order valence-corrected chi connectivity index (χ3v) is 5.34. The number of hydrogen-bond acceptors (Lipinski definition) is 3. The minimum atomic E-state index is -1.29. The van der Waals surface area contributed by atoms with Crippen LogP contribution >= 0.6 is 11.8 Å². The fourth-order valence-corrected chi connectivity index (χ4v) is 4.08. The van der Waals surface area contributed by atoms with Gasteiger partial charge in [0.05, 0.1) is 21.3 Å². The first-order valence-corrected chi connectivity index (χ1v) is 8.37. The lowest BCUT2D eigenvalue weighted by atomic mass is 10.2. The minimum Gasteiger partial charge on any atom is -0.478 e. The molecule has 0 radical (unpaired) electrons. The molecule has 0 heterocycles. The molecule has 1 N–H and O–H groups in total. The Morgan fingerprint density at radius 1 is 1.05 bits per heavy atom. The highest BCUT2D eigenvalue weighted by molar-refractivity contribution is 8.00. The molecule has 2 aromatic carbocycles. The smallest absolute Gasteiger partial charge is 0.336 e. The second-order valence-corrected chi connectivity index (χ2v) is 6.72. The molecule has 0 aliphatic rings. The maximum absolute atomic E-state index is 12.2. The van der Waals surface area contributed by atoms with E-state index >= 15 is 0 Å². The Hall–Kier alpha value is -1.59. The van der Waals surface area contributed by atoms with Gasteiger partial charge in [0.15, 0.2) is 0 Å². The molecule has 1 unspecified atom stereocenters. The Labute approximate surface area is 124 Å². The molecule has 5 heteroatoms. The summed E-state index contributed by atoms with van der Waals surface area (Å²) in [5.74, 6) is 0.0821. The van der Waals surface area contributed by atoms with Gasteiger partial charge in [-0.05, 0) is 24.3 Å². The summed E-state index contributed by atoms with van der Waals surface area (Å²) < 4.78 is 12.2. The SMILES string of the molecule is O=C(O)c1ccccc1S(=O)CCSc1ccccc1. The van der Waals surface area contributed by atoms with Crippen molar-refractivity contribution in [3.8, 4) is 0 Å². The molecule has 0 bridgehead atoms. The highest BCUT2D eigenvalue weighted by atomic mass is 32.2. The zero-order valence-corrected chi connectivity index (χ0v) is 12.3. The van der Waals surface area contributed by atoms with E-state index in [0.717, 1.165) is 4.90 Å². The summed E-state index contributed by atoms with van der Waals surface area (Å²) in [6.45, 7) is 0. The molecular formula is C15H14O3S2. The Bertz CT molecular complexity index is 612. The number of carboxylic acids is 1. The standard InChI is InChI=1S/C15H14O3S2/c16-15(17)13-8-4-5-9-14(13)20(18)11-10-19-12-6-2-1-3-7-12/h1-9H,10-11H2,(H,16,17). The van der Waals surface area contributed by atoms with Crippen molar-refractivity contribution >= 4 is 28.5 Å². The van der Waals surface area contributed by atoms with Crippen LogP contribution in [0.25, 0.3) is 0 Å². The molecule has 104 valence electrons. The summed E-state index contributed by atoms with van der Waals surface area (Å²) in [6.07, 6.45) is 0. The van der Waals surface area contributed by atoms with Crippen LogP contribution < -0.4 is 0 Å². The van der Waals surface area contributed by atoms with Crippen LogP contribution in [0.4, 0.5) is 0 Å². The Morgan fingerprint density at radius 3 is 2.40 bits per heavy atom. The molecule has 0 aliphatic carbocycles. The van der Waals surface area contributed by atoms with Crippen molar-refractivity contribution in [2.75, 3.05) is 11.5 Å². The molecule has 3 nitrogen and oxygen atoms in total. The third kappa shape index (κ3) is 3.95. The second-order valence-electron chi connectivity index (χ2n) is 4.01. The molecule has 2 aromatic rings. The summed E-state index contributed by atoms with van der Waals surface area (Å²) in [5.41, 5.74) is 0.121.